The lowest BCUT2D eigenvalue weighted by atomic mass is 9.94. The number of halogens is 1. The highest BCUT2D eigenvalue weighted by Crippen LogP contribution is 2.37. The van der Waals surface area contributed by atoms with E-state index in [-0.39, 0.29) is 0 Å². The normalized spacial score (nSPS) is 18.9. The lowest BCUT2D eigenvalue weighted by Crippen LogP contribution is -2.33. The lowest BCUT2D eigenvalue weighted by molar-refractivity contribution is -0.112. The number of amides is 1. The number of hydrogen-bond donors (Lipinski definition) is 1. The third-order valence-corrected chi connectivity index (χ3v) is 4.59. The molecule has 4 nitrogen and oxygen atoms in total. The van der Waals surface area contributed by atoms with Gasteiger partial charge < -0.3 is 10.2 Å². The Morgan fingerprint density at radius 3 is 2.60 bits per heavy atom. The minimum absolute atomic E-state index is 0.376. The summed E-state index contributed by atoms with van der Waals surface area (Å²) < 4.78 is 0. The Morgan fingerprint density at radius 1 is 1.20 bits per heavy atom. The van der Waals surface area contributed by atoms with E-state index in [0.717, 1.165) is 18.5 Å². The zero-order valence-corrected chi connectivity index (χ0v) is 12.2. The van der Waals surface area contributed by atoms with E-state index in [1.807, 2.05) is 13.1 Å². The molecule has 1 amide bonds. The van der Waals surface area contributed by atoms with Gasteiger partial charge in [-0.15, -0.1) is 0 Å². The highest BCUT2D eigenvalue weighted by Gasteiger charge is 2.30. The number of carbonyl (C=O) groups is 2. The highest BCUT2D eigenvalue weighted by molar-refractivity contribution is 6.52. The van der Waals surface area contributed by atoms with Crippen LogP contribution in [-0.4, -0.2) is 24.8 Å². The Balaban J connectivity index is 1.93. The van der Waals surface area contributed by atoms with Gasteiger partial charge in [0.15, 0.2) is 0 Å². The number of hydrogen-bond acceptors (Lipinski definition) is 3. The molecule has 0 unspecified atom stereocenters. The summed E-state index contributed by atoms with van der Waals surface area (Å²) in [5, 5.41) is 3.13. The summed E-state index contributed by atoms with van der Waals surface area (Å²) in [5.41, 5.74) is 1.83. The monoisotopic (exact) mass is 292 g/mol. The Labute approximate surface area is 123 Å². The molecule has 0 radical (unpaired) electrons. The predicted octanol–water partition coefficient (Wildman–Crippen LogP) is 3.24. The second-order valence-electron chi connectivity index (χ2n) is 5.54. The second-order valence-corrected chi connectivity index (χ2v) is 5.94. The van der Waals surface area contributed by atoms with Gasteiger partial charge in [-0.05, 0) is 25.0 Å². The van der Waals surface area contributed by atoms with E-state index < -0.39 is 11.7 Å². The number of fused-ring (bicyclic) bond motifs is 1. The lowest BCUT2D eigenvalue weighted by Gasteiger charge is -2.33. The van der Waals surface area contributed by atoms with Crippen molar-refractivity contribution in [3.63, 3.8) is 0 Å². The Morgan fingerprint density at radius 2 is 1.90 bits per heavy atom. The van der Waals surface area contributed by atoms with Gasteiger partial charge in [0.05, 0.1) is 22.0 Å². The van der Waals surface area contributed by atoms with Crippen LogP contribution in [0.15, 0.2) is 12.1 Å². The molecular formula is C15H17ClN2O2. The van der Waals surface area contributed by atoms with E-state index in [2.05, 4.69) is 10.2 Å². The largest absolute Gasteiger partial charge is 0.370 e. The van der Waals surface area contributed by atoms with Crippen LogP contribution in [0.1, 0.15) is 42.5 Å². The average Bonchev–Trinajstić information content (AvgIpc) is 2.74. The maximum absolute atomic E-state index is 11.6. The first kappa shape index (κ1) is 13.4. The van der Waals surface area contributed by atoms with E-state index in [4.69, 9.17) is 11.6 Å². The van der Waals surface area contributed by atoms with E-state index in [9.17, 15) is 9.59 Å². The van der Waals surface area contributed by atoms with Crippen LogP contribution >= 0.6 is 11.6 Å². The van der Waals surface area contributed by atoms with Gasteiger partial charge in [0.1, 0.15) is 0 Å². The van der Waals surface area contributed by atoms with Crippen molar-refractivity contribution in [3.05, 3.63) is 22.7 Å². The molecule has 3 rings (SSSR count). The van der Waals surface area contributed by atoms with Crippen LogP contribution in [0.25, 0.3) is 0 Å². The average molecular weight is 293 g/mol. The molecule has 1 aromatic rings. The summed E-state index contributed by atoms with van der Waals surface area (Å²) in [6, 6.07) is 3.90. The quantitative estimate of drug-likeness (QED) is 0.851. The SMILES string of the molecule is CN(c1cc2c(cc1Cl)C(=O)C(=O)N2)C1CCCCC1. The highest BCUT2D eigenvalue weighted by atomic mass is 35.5. The van der Waals surface area contributed by atoms with Crippen LogP contribution < -0.4 is 10.2 Å². The zero-order valence-electron chi connectivity index (χ0n) is 11.4. The number of nitrogens with zero attached hydrogens (tertiary/aromatic N) is 1. The van der Waals surface area contributed by atoms with Crippen molar-refractivity contribution < 1.29 is 9.59 Å². The molecule has 1 aliphatic heterocycles. The van der Waals surface area contributed by atoms with Gasteiger partial charge in [-0.1, -0.05) is 30.9 Å². The minimum atomic E-state index is -0.575. The Hall–Kier alpha value is -1.55. The first-order valence-corrected chi connectivity index (χ1v) is 7.38. The summed E-state index contributed by atoms with van der Waals surface area (Å²) in [6.07, 6.45) is 6.11. The summed E-state index contributed by atoms with van der Waals surface area (Å²) in [5.74, 6) is -1.08. The van der Waals surface area contributed by atoms with Gasteiger partial charge in [0.25, 0.3) is 11.7 Å². The van der Waals surface area contributed by atoms with Gasteiger partial charge in [-0.2, -0.15) is 0 Å². The summed E-state index contributed by atoms with van der Waals surface area (Å²) in [4.78, 5) is 25.2. The molecule has 0 bridgehead atoms. The molecule has 20 heavy (non-hydrogen) atoms. The molecule has 2 aliphatic rings. The third kappa shape index (κ3) is 2.18. The van der Waals surface area contributed by atoms with Crippen molar-refractivity contribution in [3.8, 4) is 0 Å². The molecule has 0 saturated heterocycles. The van der Waals surface area contributed by atoms with Crippen molar-refractivity contribution >= 4 is 34.7 Å². The molecule has 1 aliphatic carbocycles. The molecule has 1 N–H and O–H groups in total. The number of carbonyl (C=O) groups excluding carboxylic acids is 2. The van der Waals surface area contributed by atoms with E-state index in [1.54, 1.807) is 6.07 Å². The van der Waals surface area contributed by atoms with Gasteiger partial charge in [-0.25, -0.2) is 0 Å². The molecular weight excluding hydrogens is 276 g/mol. The fourth-order valence-electron chi connectivity index (χ4n) is 3.09. The predicted molar refractivity (Wildman–Crippen MR) is 79.7 cm³/mol. The molecule has 106 valence electrons. The van der Waals surface area contributed by atoms with Crippen molar-refractivity contribution in [2.45, 2.75) is 38.1 Å². The van der Waals surface area contributed by atoms with E-state index >= 15 is 0 Å². The van der Waals surface area contributed by atoms with Crippen LogP contribution in [0.4, 0.5) is 11.4 Å². The van der Waals surface area contributed by atoms with Gasteiger partial charge in [0.2, 0.25) is 0 Å². The summed E-state index contributed by atoms with van der Waals surface area (Å²) >= 11 is 6.30. The van der Waals surface area contributed by atoms with Gasteiger partial charge in [0, 0.05) is 13.1 Å². The van der Waals surface area contributed by atoms with Crippen molar-refractivity contribution in [2.24, 2.45) is 0 Å². The minimum Gasteiger partial charge on any atom is -0.370 e. The van der Waals surface area contributed by atoms with Crippen LogP contribution in [0.5, 0.6) is 0 Å². The number of anilines is 2. The first-order valence-electron chi connectivity index (χ1n) is 7.00. The maximum atomic E-state index is 11.6. The van der Waals surface area contributed by atoms with Crippen LogP contribution in [0.3, 0.4) is 0 Å². The fourth-order valence-corrected chi connectivity index (χ4v) is 3.39. The molecule has 1 heterocycles. The summed E-state index contributed by atoms with van der Waals surface area (Å²) in [6.45, 7) is 0. The number of benzene rings is 1. The molecule has 0 aromatic heterocycles. The second kappa shape index (κ2) is 5.09. The first-order chi connectivity index (χ1) is 9.58. The van der Waals surface area contributed by atoms with Crippen molar-refractivity contribution in [1.29, 1.82) is 0 Å². The van der Waals surface area contributed by atoms with E-state index in [0.29, 0.717) is 22.3 Å². The van der Waals surface area contributed by atoms with Gasteiger partial charge >= 0.3 is 0 Å². The van der Waals surface area contributed by atoms with Crippen LogP contribution in [0.2, 0.25) is 5.02 Å². The van der Waals surface area contributed by atoms with Crippen LogP contribution in [-0.2, 0) is 4.79 Å². The van der Waals surface area contributed by atoms with Crippen LogP contribution in [0, 0.1) is 0 Å². The molecule has 0 spiro atoms. The van der Waals surface area contributed by atoms with E-state index in [1.165, 1.54) is 19.3 Å². The summed E-state index contributed by atoms with van der Waals surface area (Å²) in [7, 11) is 2.03. The Bertz CT molecular complexity index is 579. The van der Waals surface area contributed by atoms with Crippen molar-refractivity contribution in [2.75, 3.05) is 17.3 Å². The molecule has 1 saturated carbocycles. The number of Topliss-reactive ketones (excluding diaryl/α,β-unsaturated/α-hetero) is 1. The Kier molecular flexibility index (Phi) is 3.42. The van der Waals surface area contributed by atoms with Crippen molar-refractivity contribution in [1.82, 2.24) is 0 Å². The topological polar surface area (TPSA) is 49.4 Å². The number of nitrogens with one attached hydrogen (secondary N) is 1. The zero-order chi connectivity index (χ0) is 14.3. The number of ketones is 1. The van der Waals surface area contributed by atoms with Gasteiger partial charge in [-0.3, -0.25) is 9.59 Å². The molecule has 1 fully saturated rings. The third-order valence-electron chi connectivity index (χ3n) is 4.29. The molecule has 1 aromatic carbocycles. The smallest absolute Gasteiger partial charge is 0.296 e. The number of rotatable bonds is 2. The maximum Gasteiger partial charge on any atom is 0.296 e. The fraction of sp³-hybridized carbons (Fsp3) is 0.467. The molecule has 0 atom stereocenters. The molecule has 5 heteroatoms. The standard InChI is InChI=1S/C15H17ClN2O2/c1-18(9-5-3-2-4-6-9)13-8-12-10(7-11(13)16)14(19)15(20)17-12/h7-9H,2-6H2,1H3,(H,17,19,20).